The van der Waals surface area contributed by atoms with Gasteiger partial charge in [-0.3, -0.25) is 4.98 Å². The number of hydrogen-bond donors (Lipinski definition) is 1. The maximum atomic E-state index is 13.8. The van der Waals surface area contributed by atoms with Crippen LogP contribution in [0.15, 0.2) is 36.7 Å². The van der Waals surface area contributed by atoms with E-state index in [9.17, 15) is 4.39 Å². The lowest BCUT2D eigenvalue weighted by molar-refractivity contribution is 0.592. The molecule has 1 aromatic carbocycles. The van der Waals surface area contributed by atoms with Crippen molar-refractivity contribution in [2.45, 2.75) is 25.8 Å². The summed E-state index contributed by atoms with van der Waals surface area (Å²) in [5.41, 5.74) is 8.88. The van der Waals surface area contributed by atoms with Crippen LogP contribution in [0.5, 0.6) is 0 Å². The Balaban J connectivity index is 2.23. The van der Waals surface area contributed by atoms with Crippen molar-refractivity contribution in [3.05, 3.63) is 64.2 Å². The molecule has 0 aliphatic carbocycles. The van der Waals surface area contributed by atoms with Crippen molar-refractivity contribution in [1.29, 1.82) is 0 Å². The minimum absolute atomic E-state index is 0.242. The second-order valence-corrected chi connectivity index (χ2v) is 4.91. The maximum absolute atomic E-state index is 13.8. The summed E-state index contributed by atoms with van der Waals surface area (Å²) in [4.78, 5) is 4.09. The molecule has 100 valence electrons. The van der Waals surface area contributed by atoms with E-state index in [4.69, 9.17) is 17.3 Å². The number of nitrogens with two attached hydrogens (primary N) is 1. The Kier molecular flexibility index (Phi) is 4.51. The summed E-state index contributed by atoms with van der Waals surface area (Å²) in [6, 6.07) is 6.34. The highest BCUT2D eigenvalue weighted by molar-refractivity contribution is 6.30. The Bertz CT molecular complexity index is 572. The molecule has 1 unspecified atom stereocenters. The van der Waals surface area contributed by atoms with Crippen LogP contribution in [0.2, 0.25) is 5.02 Å². The van der Waals surface area contributed by atoms with Crippen molar-refractivity contribution < 1.29 is 4.39 Å². The lowest BCUT2D eigenvalue weighted by Gasteiger charge is -2.16. The smallest absolute Gasteiger partial charge is 0.127 e. The fourth-order valence-corrected chi connectivity index (χ4v) is 2.29. The molecule has 1 atom stereocenters. The zero-order valence-electron chi connectivity index (χ0n) is 10.7. The number of halogens is 2. The quantitative estimate of drug-likeness (QED) is 0.927. The van der Waals surface area contributed by atoms with Gasteiger partial charge in [0.1, 0.15) is 5.82 Å². The standard InChI is InChI=1S/C15H16ClFN2/c1-2-10-9-19-6-5-13(10)15(18)7-11-3-4-12(16)8-14(11)17/h3-6,8-9,15H,2,7,18H2,1H3. The Morgan fingerprint density at radius 2 is 2.11 bits per heavy atom. The van der Waals surface area contributed by atoms with Crippen LogP contribution in [0.3, 0.4) is 0 Å². The Labute approximate surface area is 117 Å². The zero-order chi connectivity index (χ0) is 13.8. The number of rotatable bonds is 4. The Morgan fingerprint density at radius 3 is 2.79 bits per heavy atom. The molecule has 0 radical (unpaired) electrons. The van der Waals surface area contributed by atoms with Gasteiger partial charge in [-0.25, -0.2) is 4.39 Å². The molecule has 2 aromatic rings. The lowest BCUT2D eigenvalue weighted by Crippen LogP contribution is -2.16. The molecule has 2 nitrogen and oxygen atoms in total. The predicted molar refractivity (Wildman–Crippen MR) is 75.7 cm³/mol. The first kappa shape index (κ1) is 14.0. The fraction of sp³-hybridized carbons (Fsp3) is 0.267. The first-order valence-electron chi connectivity index (χ1n) is 6.24. The van der Waals surface area contributed by atoms with Gasteiger partial charge in [0, 0.05) is 23.5 Å². The van der Waals surface area contributed by atoms with Crippen molar-refractivity contribution in [3.8, 4) is 0 Å². The number of hydrogen-bond acceptors (Lipinski definition) is 2. The van der Waals surface area contributed by atoms with E-state index < -0.39 is 0 Å². The molecule has 1 aromatic heterocycles. The van der Waals surface area contributed by atoms with E-state index >= 15 is 0 Å². The van der Waals surface area contributed by atoms with Gasteiger partial charge in [0.15, 0.2) is 0 Å². The van der Waals surface area contributed by atoms with Gasteiger partial charge in [0.05, 0.1) is 0 Å². The van der Waals surface area contributed by atoms with E-state index in [0.29, 0.717) is 17.0 Å². The average molecular weight is 279 g/mol. The molecule has 0 spiro atoms. The van der Waals surface area contributed by atoms with E-state index in [1.165, 1.54) is 6.07 Å². The Morgan fingerprint density at radius 1 is 1.32 bits per heavy atom. The van der Waals surface area contributed by atoms with E-state index in [-0.39, 0.29) is 11.9 Å². The summed E-state index contributed by atoms with van der Waals surface area (Å²) < 4.78 is 13.8. The van der Waals surface area contributed by atoms with Crippen LogP contribution in [0.1, 0.15) is 29.7 Å². The van der Waals surface area contributed by atoms with Crippen LogP contribution in [-0.4, -0.2) is 4.98 Å². The first-order chi connectivity index (χ1) is 9.11. The molecule has 2 rings (SSSR count). The number of benzene rings is 1. The normalized spacial score (nSPS) is 12.4. The molecule has 2 N–H and O–H groups in total. The van der Waals surface area contributed by atoms with Crippen LogP contribution in [0, 0.1) is 5.82 Å². The largest absolute Gasteiger partial charge is 0.324 e. The summed E-state index contributed by atoms with van der Waals surface area (Å²) in [6.07, 6.45) is 4.83. The van der Waals surface area contributed by atoms with E-state index in [0.717, 1.165) is 17.5 Å². The van der Waals surface area contributed by atoms with Crippen molar-refractivity contribution in [1.82, 2.24) is 4.98 Å². The average Bonchev–Trinajstić information content (AvgIpc) is 2.41. The monoisotopic (exact) mass is 278 g/mol. The fourth-order valence-electron chi connectivity index (χ4n) is 2.13. The topological polar surface area (TPSA) is 38.9 Å². The molecular formula is C15H16ClFN2. The lowest BCUT2D eigenvalue weighted by atomic mass is 9.96. The van der Waals surface area contributed by atoms with Crippen molar-refractivity contribution >= 4 is 11.6 Å². The van der Waals surface area contributed by atoms with Gasteiger partial charge >= 0.3 is 0 Å². The number of nitrogens with zero attached hydrogens (tertiary/aromatic N) is 1. The highest BCUT2D eigenvalue weighted by Gasteiger charge is 2.13. The van der Waals surface area contributed by atoms with Crippen LogP contribution < -0.4 is 5.73 Å². The maximum Gasteiger partial charge on any atom is 0.127 e. The second-order valence-electron chi connectivity index (χ2n) is 4.47. The SMILES string of the molecule is CCc1cnccc1C(N)Cc1ccc(Cl)cc1F. The molecule has 0 amide bonds. The molecule has 0 saturated carbocycles. The molecule has 0 aliphatic heterocycles. The van der Waals surface area contributed by atoms with Crippen molar-refractivity contribution in [2.24, 2.45) is 5.73 Å². The van der Waals surface area contributed by atoms with Crippen LogP contribution in [0.25, 0.3) is 0 Å². The first-order valence-corrected chi connectivity index (χ1v) is 6.62. The molecule has 0 aliphatic rings. The van der Waals surface area contributed by atoms with Crippen LogP contribution in [0.4, 0.5) is 4.39 Å². The molecular weight excluding hydrogens is 263 g/mol. The zero-order valence-corrected chi connectivity index (χ0v) is 11.5. The summed E-state index contributed by atoms with van der Waals surface area (Å²) >= 11 is 5.74. The van der Waals surface area contributed by atoms with E-state index in [2.05, 4.69) is 11.9 Å². The minimum atomic E-state index is -0.310. The number of aromatic nitrogens is 1. The summed E-state index contributed by atoms with van der Waals surface area (Å²) in [6.45, 7) is 2.05. The summed E-state index contributed by atoms with van der Waals surface area (Å²) in [7, 11) is 0. The number of pyridine rings is 1. The molecule has 0 fully saturated rings. The summed E-state index contributed by atoms with van der Waals surface area (Å²) in [5.74, 6) is -0.310. The molecule has 1 heterocycles. The van der Waals surface area contributed by atoms with Gasteiger partial charge in [0.25, 0.3) is 0 Å². The van der Waals surface area contributed by atoms with Gasteiger partial charge in [-0.1, -0.05) is 24.6 Å². The van der Waals surface area contributed by atoms with Crippen molar-refractivity contribution in [2.75, 3.05) is 0 Å². The molecule has 4 heteroatoms. The predicted octanol–water partition coefficient (Wildman–Crippen LogP) is 3.68. The summed E-state index contributed by atoms with van der Waals surface area (Å²) in [5, 5.41) is 0.396. The Hall–Kier alpha value is -1.45. The van der Waals surface area contributed by atoms with Gasteiger partial charge in [0.2, 0.25) is 0 Å². The molecule has 0 saturated heterocycles. The molecule has 19 heavy (non-hydrogen) atoms. The second kappa shape index (κ2) is 6.13. The number of aryl methyl sites for hydroxylation is 1. The third-order valence-corrected chi connectivity index (χ3v) is 3.41. The highest BCUT2D eigenvalue weighted by Crippen LogP contribution is 2.22. The van der Waals surface area contributed by atoms with Gasteiger partial charge in [-0.05, 0) is 47.7 Å². The minimum Gasteiger partial charge on any atom is -0.324 e. The van der Waals surface area contributed by atoms with Crippen LogP contribution in [-0.2, 0) is 12.8 Å². The molecule has 0 bridgehead atoms. The van der Waals surface area contributed by atoms with Gasteiger partial charge in [-0.2, -0.15) is 0 Å². The van der Waals surface area contributed by atoms with Crippen molar-refractivity contribution in [3.63, 3.8) is 0 Å². The third-order valence-electron chi connectivity index (χ3n) is 3.18. The van der Waals surface area contributed by atoms with Gasteiger partial charge < -0.3 is 5.73 Å². The third kappa shape index (κ3) is 3.31. The van der Waals surface area contributed by atoms with Crippen LogP contribution >= 0.6 is 11.6 Å². The van der Waals surface area contributed by atoms with Gasteiger partial charge in [-0.15, -0.1) is 0 Å². The van der Waals surface area contributed by atoms with E-state index in [1.54, 1.807) is 18.3 Å². The van der Waals surface area contributed by atoms with E-state index in [1.807, 2.05) is 12.3 Å². The highest BCUT2D eigenvalue weighted by atomic mass is 35.5.